The largest absolute Gasteiger partial charge is 0.324 e. The highest BCUT2D eigenvalue weighted by atomic mass is 32.2. The van der Waals surface area contributed by atoms with E-state index in [1.165, 1.54) is 12.1 Å². The first kappa shape index (κ1) is 12.1. The summed E-state index contributed by atoms with van der Waals surface area (Å²) in [5.41, 5.74) is 6.70. The van der Waals surface area contributed by atoms with Gasteiger partial charge in [0, 0.05) is 15.8 Å². The van der Waals surface area contributed by atoms with Gasteiger partial charge in [-0.1, -0.05) is 30.0 Å². The minimum Gasteiger partial charge on any atom is -0.324 e. The van der Waals surface area contributed by atoms with E-state index in [1.807, 2.05) is 37.3 Å². The second kappa shape index (κ2) is 5.34. The average Bonchev–Trinajstić information content (AvgIpc) is 2.32. The van der Waals surface area contributed by atoms with Gasteiger partial charge in [-0.15, -0.1) is 0 Å². The number of nitrogens with two attached hydrogens (primary N) is 1. The summed E-state index contributed by atoms with van der Waals surface area (Å²) in [5, 5.41) is 0. The van der Waals surface area contributed by atoms with Gasteiger partial charge < -0.3 is 5.73 Å². The van der Waals surface area contributed by atoms with Crippen LogP contribution in [-0.2, 0) is 0 Å². The summed E-state index contributed by atoms with van der Waals surface area (Å²) in [6, 6.07) is 14.6. The van der Waals surface area contributed by atoms with Gasteiger partial charge in [0.05, 0.1) is 0 Å². The zero-order valence-corrected chi connectivity index (χ0v) is 10.4. The van der Waals surface area contributed by atoms with Gasteiger partial charge in [-0.2, -0.15) is 0 Å². The van der Waals surface area contributed by atoms with E-state index in [9.17, 15) is 4.39 Å². The van der Waals surface area contributed by atoms with Crippen LogP contribution in [-0.4, -0.2) is 0 Å². The summed E-state index contributed by atoms with van der Waals surface area (Å²) in [7, 11) is 0. The van der Waals surface area contributed by atoms with Crippen molar-refractivity contribution in [2.24, 2.45) is 5.73 Å². The highest BCUT2D eigenvalue weighted by Crippen LogP contribution is 2.32. The predicted octanol–water partition coefficient (Wildman–Crippen LogP) is 4.00. The van der Waals surface area contributed by atoms with Gasteiger partial charge in [0.15, 0.2) is 0 Å². The molecule has 1 nitrogen and oxygen atoms in total. The van der Waals surface area contributed by atoms with E-state index < -0.39 is 0 Å². The molecular formula is C14H14FNS. The first-order valence-electron chi connectivity index (χ1n) is 5.45. The summed E-state index contributed by atoms with van der Waals surface area (Å²) >= 11 is 1.60. The van der Waals surface area contributed by atoms with Gasteiger partial charge in [-0.25, -0.2) is 4.39 Å². The molecule has 0 aliphatic heterocycles. The van der Waals surface area contributed by atoms with Crippen LogP contribution in [0.3, 0.4) is 0 Å². The van der Waals surface area contributed by atoms with E-state index in [0.717, 1.165) is 15.4 Å². The third-order valence-electron chi connectivity index (χ3n) is 2.43. The topological polar surface area (TPSA) is 26.0 Å². The first-order valence-corrected chi connectivity index (χ1v) is 6.26. The van der Waals surface area contributed by atoms with E-state index in [4.69, 9.17) is 5.73 Å². The van der Waals surface area contributed by atoms with Crippen molar-refractivity contribution in [1.82, 2.24) is 0 Å². The number of benzene rings is 2. The molecule has 0 fully saturated rings. The molecule has 0 aromatic heterocycles. The number of halogens is 1. The van der Waals surface area contributed by atoms with E-state index in [1.54, 1.807) is 17.8 Å². The zero-order chi connectivity index (χ0) is 12.3. The molecule has 0 bridgehead atoms. The van der Waals surface area contributed by atoms with Gasteiger partial charge in [-0.3, -0.25) is 0 Å². The van der Waals surface area contributed by atoms with Crippen molar-refractivity contribution >= 4 is 11.8 Å². The molecule has 2 N–H and O–H groups in total. The second-order valence-electron chi connectivity index (χ2n) is 3.89. The van der Waals surface area contributed by atoms with Crippen LogP contribution in [0.4, 0.5) is 4.39 Å². The summed E-state index contributed by atoms with van der Waals surface area (Å²) in [4.78, 5) is 2.13. The highest BCUT2D eigenvalue weighted by Gasteiger charge is 2.09. The lowest BCUT2D eigenvalue weighted by molar-refractivity contribution is 0.619. The molecule has 0 heterocycles. The summed E-state index contributed by atoms with van der Waals surface area (Å²) < 4.78 is 13.2. The molecule has 3 heteroatoms. The number of hydrogen-bond donors (Lipinski definition) is 1. The smallest absolute Gasteiger partial charge is 0.123 e. The molecule has 17 heavy (non-hydrogen) atoms. The van der Waals surface area contributed by atoms with Crippen molar-refractivity contribution in [2.45, 2.75) is 22.8 Å². The van der Waals surface area contributed by atoms with Gasteiger partial charge in [0.1, 0.15) is 5.82 Å². The molecule has 0 radical (unpaired) electrons. The molecule has 0 spiro atoms. The summed E-state index contributed by atoms with van der Waals surface area (Å²) in [5.74, 6) is -0.241. The van der Waals surface area contributed by atoms with Crippen molar-refractivity contribution in [1.29, 1.82) is 0 Å². The Bertz CT molecular complexity index is 497. The fourth-order valence-electron chi connectivity index (χ4n) is 1.58. The Kier molecular flexibility index (Phi) is 3.82. The quantitative estimate of drug-likeness (QED) is 0.887. The van der Waals surface area contributed by atoms with Crippen molar-refractivity contribution in [3.63, 3.8) is 0 Å². The van der Waals surface area contributed by atoms with Crippen molar-refractivity contribution in [2.75, 3.05) is 0 Å². The Balaban J connectivity index is 2.33. The Morgan fingerprint density at radius 3 is 2.47 bits per heavy atom. The standard InChI is InChI=1S/C14H14FNS/c1-10(16)13-9-11(15)7-8-14(13)17-12-5-3-2-4-6-12/h2-10H,16H2,1H3/t10-/m1/s1. The lowest BCUT2D eigenvalue weighted by Gasteiger charge is -2.12. The van der Waals surface area contributed by atoms with Crippen LogP contribution in [0, 0.1) is 5.82 Å². The predicted molar refractivity (Wildman–Crippen MR) is 69.6 cm³/mol. The van der Waals surface area contributed by atoms with Crippen LogP contribution in [0.2, 0.25) is 0 Å². The van der Waals surface area contributed by atoms with Gasteiger partial charge >= 0.3 is 0 Å². The third-order valence-corrected chi connectivity index (χ3v) is 3.53. The Morgan fingerprint density at radius 1 is 1.12 bits per heavy atom. The summed E-state index contributed by atoms with van der Waals surface area (Å²) in [6.45, 7) is 1.86. The molecule has 0 amide bonds. The maximum Gasteiger partial charge on any atom is 0.123 e. The third kappa shape index (κ3) is 3.08. The SMILES string of the molecule is C[C@@H](N)c1cc(F)ccc1Sc1ccccc1. The lowest BCUT2D eigenvalue weighted by Crippen LogP contribution is -2.06. The zero-order valence-electron chi connectivity index (χ0n) is 9.56. The van der Waals surface area contributed by atoms with Crippen LogP contribution in [0.5, 0.6) is 0 Å². The number of rotatable bonds is 3. The minimum atomic E-state index is -0.241. The van der Waals surface area contributed by atoms with Crippen LogP contribution in [0.25, 0.3) is 0 Å². The Labute approximate surface area is 105 Å². The van der Waals surface area contributed by atoms with Crippen molar-refractivity contribution in [3.05, 3.63) is 59.9 Å². The maximum atomic E-state index is 13.2. The van der Waals surface area contributed by atoms with E-state index in [0.29, 0.717) is 0 Å². The van der Waals surface area contributed by atoms with E-state index >= 15 is 0 Å². The molecule has 0 aliphatic carbocycles. The van der Waals surface area contributed by atoms with Crippen LogP contribution in [0.1, 0.15) is 18.5 Å². The molecule has 0 unspecified atom stereocenters. The van der Waals surface area contributed by atoms with Gasteiger partial charge in [0.2, 0.25) is 0 Å². The van der Waals surface area contributed by atoms with Crippen LogP contribution in [0.15, 0.2) is 58.3 Å². The van der Waals surface area contributed by atoms with Gasteiger partial charge in [-0.05, 0) is 42.8 Å². The average molecular weight is 247 g/mol. The first-order chi connectivity index (χ1) is 8.16. The normalized spacial score (nSPS) is 12.4. The molecule has 0 aliphatic rings. The van der Waals surface area contributed by atoms with Crippen LogP contribution < -0.4 is 5.73 Å². The fourth-order valence-corrected chi connectivity index (χ4v) is 2.63. The molecule has 0 saturated heterocycles. The van der Waals surface area contributed by atoms with E-state index in [-0.39, 0.29) is 11.9 Å². The number of hydrogen-bond acceptors (Lipinski definition) is 2. The van der Waals surface area contributed by atoms with Crippen LogP contribution >= 0.6 is 11.8 Å². The monoisotopic (exact) mass is 247 g/mol. The molecular weight excluding hydrogens is 233 g/mol. The highest BCUT2D eigenvalue weighted by molar-refractivity contribution is 7.99. The molecule has 2 aromatic carbocycles. The molecule has 2 rings (SSSR count). The minimum absolute atomic E-state index is 0.170. The fraction of sp³-hybridized carbons (Fsp3) is 0.143. The van der Waals surface area contributed by atoms with Crippen molar-refractivity contribution < 1.29 is 4.39 Å². The second-order valence-corrected chi connectivity index (χ2v) is 5.00. The van der Waals surface area contributed by atoms with Crippen molar-refractivity contribution in [3.8, 4) is 0 Å². The molecule has 1 atom stereocenters. The molecule has 88 valence electrons. The Morgan fingerprint density at radius 2 is 1.82 bits per heavy atom. The lowest BCUT2D eigenvalue weighted by atomic mass is 10.1. The van der Waals surface area contributed by atoms with Gasteiger partial charge in [0.25, 0.3) is 0 Å². The molecule has 0 saturated carbocycles. The Hall–Kier alpha value is -1.32. The summed E-state index contributed by atoms with van der Waals surface area (Å²) in [6.07, 6.45) is 0. The maximum absolute atomic E-state index is 13.2. The van der Waals surface area contributed by atoms with E-state index in [2.05, 4.69) is 0 Å². The molecule has 2 aromatic rings.